The monoisotopic (exact) mass is 728 g/mol. The van der Waals surface area contributed by atoms with Gasteiger partial charge in [0.05, 0.1) is 0 Å². The van der Waals surface area contributed by atoms with Crippen LogP contribution in [0.5, 0.6) is 0 Å². The van der Waals surface area contributed by atoms with Crippen LogP contribution >= 0.6 is 0 Å². The molecule has 3 heterocycles. The fraction of sp³-hybridized carbons (Fsp3) is 0.194. The van der Waals surface area contributed by atoms with Gasteiger partial charge in [0.15, 0.2) is 0 Å². The summed E-state index contributed by atoms with van der Waals surface area (Å²) in [7, 11) is 0. The van der Waals surface area contributed by atoms with E-state index in [2.05, 4.69) is 0 Å². The van der Waals surface area contributed by atoms with E-state index >= 15 is 17.4 Å². The zero-order valence-corrected chi connectivity index (χ0v) is 26.8. The summed E-state index contributed by atoms with van der Waals surface area (Å²) in [5.74, 6) is -12.1. The summed E-state index contributed by atoms with van der Waals surface area (Å²) in [4.78, 5) is 0. The molecule has 0 N–H and O–H groups in total. The first-order valence-electron chi connectivity index (χ1n) is 13.4. The topological polar surface area (TPSA) is 7.94 Å². The fourth-order valence-electron chi connectivity index (χ4n) is 6.41. The molecule has 222 valence electrons. The second-order valence-corrected chi connectivity index (χ2v) is 15.2. The molecule has 3 aromatic carbocycles. The average Bonchev–Trinajstić information content (AvgIpc) is 3.39. The Balaban J connectivity index is 1.67. The van der Waals surface area contributed by atoms with E-state index in [4.69, 9.17) is 0 Å². The van der Waals surface area contributed by atoms with Gasteiger partial charge in [-0.25, -0.2) is 0 Å². The van der Waals surface area contributed by atoms with Crippen LogP contribution in [-0.4, -0.2) is 57.6 Å². The maximum atomic E-state index is 16.9. The Morgan fingerprint density at radius 3 is 1.72 bits per heavy atom. The summed E-state index contributed by atoms with van der Waals surface area (Å²) in [5, 5.41) is 0. The molecule has 2 aliphatic rings. The van der Waals surface area contributed by atoms with E-state index in [9.17, 15) is 13.2 Å². The number of halogens is 7. The standard InChI is InChI=1S/C31H24BF7N2Se2/c1-15-28-22(21-23(33)25(35)27(37)26(36)24(21)34)29-16(2)31(43-20-13-9-6-10-14-20)18(4)41(29)32(38,39)40(28)17(3)30(15)42-19-11-7-5-8-12-19/h5-14,22,28H,1-4H3. The van der Waals surface area contributed by atoms with E-state index in [-0.39, 0.29) is 17.1 Å². The van der Waals surface area contributed by atoms with Crippen molar-refractivity contribution in [2.45, 2.75) is 39.7 Å². The Morgan fingerprint density at radius 1 is 0.698 bits per heavy atom. The predicted molar refractivity (Wildman–Crippen MR) is 156 cm³/mol. The molecule has 2 nitrogen and oxygen atoms in total. The zero-order chi connectivity index (χ0) is 31.0. The van der Waals surface area contributed by atoms with Crippen LogP contribution in [0.25, 0.3) is 0 Å². The first kappa shape index (κ1) is 30.0. The van der Waals surface area contributed by atoms with Crippen LogP contribution in [0.1, 0.15) is 42.3 Å². The maximum absolute atomic E-state index is 16.9. The molecule has 0 bridgehead atoms. The van der Waals surface area contributed by atoms with Gasteiger partial charge in [0, 0.05) is 0 Å². The van der Waals surface area contributed by atoms with Gasteiger partial charge in [0.1, 0.15) is 0 Å². The summed E-state index contributed by atoms with van der Waals surface area (Å²) in [6.07, 6.45) is 0. The minimum atomic E-state index is -4.57. The van der Waals surface area contributed by atoms with Gasteiger partial charge in [-0.3, -0.25) is 0 Å². The molecule has 2 aliphatic heterocycles. The van der Waals surface area contributed by atoms with E-state index in [0.29, 0.717) is 20.1 Å². The van der Waals surface area contributed by atoms with E-state index in [1.54, 1.807) is 20.8 Å². The number of aromatic nitrogens is 1. The van der Waals surface area contributed by atoms with Crippen LogP contribution in [0.3, 0.4) is 0 Å². The molecule has 2 atom stereocenters. The molecule has 0 aliphatic carbocycles. The van der Waals surface area contributed by atoms with Crippen molar-refractivity contribution in [3.8, 4) is 0 Å². The van der Waals surface area contributed by atoms with E-state index < -0.39 is 83.5 Å². The Hall–Kier alpha value is -3.04. The third kappa shape index (κ3) is 4.48. The number of benzene rings is 3. The van der Waals surface area contributed by atoms with E-state index in [1.807, 2.05) is 60.7 Å². The molecule has 0 saturated heterocycles. The molecule has 43 heavy (non-hydrogen) atoms. The quantitative estimate of drug-likeness (QED) is 0.119. The number of hydrogen-bond acceptors (Lipinski definition) is 0. The first-order valence-corrected chi connectivity index (χ1v) is 16.8. The second kappa shape index (κ2) is 10.8. The molecule has 0 radical (unpaired) electrons. The van der Waals surface area contributed by atoms with Crippen LogP contribution in [0.2, 0.25) is 0 Å². The second-order valence-electron chi connectivity index (χ2n) is 10.6. The number of hydrogen-bond donors (Lipinski definition) is 0. The Labute approximate surface area is 256 Å². The van der Waals surface area contributed by atoms with Crippen LogP contribution in [0, 0.1) is 42.9 Å². The molecule has 6 rings (SSSR count). The average molecular weight is 726 g/mol. The number of allylic oxidation sites excluding steroid dienone is 1. The van der Waals surface area contributed by atoms with Gasteiger partial charge in [-0.15, -0.1) is 0 Å². The molecule has 4 aromatic rings. The molecule has 0 fully saturated rings. The van der Waals surface area contributed by atoms with Crippen molar-refractivity contribution < 1.29 is 35.1 Å². The third-order valence-corrected chi connectivity index (χ3v) is 13.8. The van der Waals surface area contributed by atoms with Crippen molar-refractivity contribution in [1.29, 1.82) is 0 Å². The van der Waals surface area contributed by atoms with Gasteiger partial charge >= 0.3 is 257 Å². The van der Waals surface area contributed by atoms with Crippen molar-refractivity contribution in [3.63, 3.8) is 0 Å². The van der Waals surface area contributed by atoms with Crippen molar-refractivity contribution >= 4 is 56.0 Å². The first-order chi connectivity index (χ1) is 20.4. The van der Waals surface area contributed by atoms with Crippen LogP contribution in [0.4, 0.5) is 30.6 Å². The van der Waals surface area contributed by atoms with Crippen molar-refractivity contribution in [2.24, 2.45) is 0 Å². The minimum absolute atomic E-state index is 0.125. The van der Waals surface area contributed by atoms with Crippen molar-refractivity contribution in [1.82, 2.24) is 4.48 Å². The van der Waals surface area contributed by atoms with Gasteiger partial charge in [0.25, 0.3) is 0 Å². The van der Waals surface area contributed by atoms with Crippen molar-refractivity contribution in [3.05, 3.63) is 122 Å². The van der Waals surface area contributed by atoms with Crippen LogP contribution < -0.4 is 13.4 Å². The molecule has 1 aromatic heterocycles. The molecular weight excluding hydrogens is 702 g/mol. The van der Waals surface area contributed by atoms with Gasteiger partial charge in [-0.1, -0.05) is 0 Å². The van der Waals surface area contributed by atoms with E-state index in [1.165, 1.54) is 6.92 Å². The summed E-state index contributed by atoms with van der Waals surface area (Å²) in [5.41, 5.74) is 0.0117. The molecule has 0 saturated carbocycles. The number of fused-ring (bicyclic) bond motifs is 2. The SMILES string of the molecule is CC1=C([Se]c2ccccc2)C(C)=[N+]2C1C(c1c(F)c(F)c(F)c(F)c1F)c1c(C)c([Se]c3ccccc3)c(C)n1[B-]2(F)F. The fourth-order valence-corrected chi connectivity index (χ4v) is 10.8. The van der Waals surface area contributed by atoms with Gasteiger partial charge in [-0.2, -0.15) is 0 Å². The summed E-state index contributed by atoms with van der Waals surface area (Å²) in [6.45, 7) is 1.72. The molecule has 0 spiro atoms. The molecule has 12 heteroatoms. The Morgan fingerprint density at radius 2 is 1.19 bits per heavy atom. The normalized spacial score (nSPS) is 19.2. The summed E-state index contributed by atoms with van der Waals surface area (Å²) >= 11 is -0.928. The Bertz CT molecular complexity index is 1820. The van der Waals surface area contributed by atoms with E-state index in [0.717, 1.165) is 17.9 Å². The van der Waals surface area contributed by atoms with Gasteiger partial charge in [0.2, 0.25) is 0 Å². The molecule has 0 amide bonds. The van der Waals surface area contributed by atoms with Crippen LogP contribution in [-0.2, 0) is 0 Å². The van der Waals surface area contributed by atoms with Gasteiger partial charge in [-0.05, 0) is 0 Å². The predicted octanol–water partition coefficient (Wildman–Crippen LogP) is 4.98. The Kier molecular flexibility index (Phi) is 7.57. The number of rotatable bonds is 5. The zero-order valence-electron chi connectivity index (χ0n) is 23.4. The molecule has 2 unspecified atom stereocenters. The van der Waals surface area contributed by atoms with Crippen LogP contribution in [0.15, 0.2) is 70.7 Å². The van der Waals surface area contributed by atoms with Gasteiger partial charge < -0.3 is 0 Å². The summed E-state index contributed by atoms with van der Waals surface area (Å²) < 4.78 is 113. The third-order valence-electron chi connectivity index (χ3n) is 8.23. The summed E-state index contributed by atoms with van der Waals surface area (Å²) in [6, 6.07) is 17.1. The molecular formula is C31H24BF7N2Se2. The number of nitrogens with zero attached hydrogens (tertiary/aromatic N) is 2. The van der Waals surface area contributed by atoms with Crippen molar-refractivity contribution in [2.75, 3.05) is 0 Å².